The van der Waals surface area contributed by atoms with Gasteiger partial charge in [0, 0.05) is 36.0 Å². The number of aliphatic hydroxyl groups excluding tert-OH is 1. The van der Waals surface area contributed by atoms with E-state index in [1.165, 1.54) is 0 Å². The monoisotopic (exact) mass is 342 g/mol. The molecule has 0 atom stereocenters. The van der Waals surface area contributed by atoms with Gasteiger partial charge in [0.2, 0.25) is 0 Å². The molecule has 0 saturated carbocycles. The van der Waals surface area contributed by atoms with Gasteiger partial charge in [0.15, 0.2) is 0 Å². The Morgan fingerprint density at radius 2 is 1.92 bits per heavy atom. The van der Waals surface area contributed by atoms with E-state index < -0.39 is 0 Å². The summed E-state index contributed by atoms with van der Waals surface area (Å²) in [6.07, 6.45) is 0.533. The van der Waals surface area contributed by atoms with Gasteiger partial charge in [0.25, 0.3) is 5.91 Å². The van der Waals surface area contributed by atoms with Crippen LogP contribution in [0.1, 0.15) is 16.9 Å². The Kier molecular flexibility index (Phi) is 4.88. The number of hydrogen-bond acceptors (Lipinski definition) is 2. The van der Waals surface area contributed by atoms with Gasteiger partial charge in [-0.3, -0.25) is 4.79 Å². The smallest absolute Gasteiger partial charge is 0.268 e. The lowest BCUT2D eigenvalue weighted by Gasteiger charge is -2.09. The van der Waals surface area contributed by atoms with Crippen LogP contribution in [0.5, 0.6) is 0 Å². The summed E-state index contributed by atoms with van der Waals surface area (Å²) in [5.41, 5.74) is 2.58. The van der Waals surface area contributed by atoms with Crippen molar-refractivity contribution in [3.05, 3.63) is 59.2 Å². The molecule has 0 fully saturated rings. The maximum absolute atomic E-state index is 12.6. The van der Waals surface area contributed by atoms with Gasteiger partial charge < -0.3 is 15.0 Å². The van der Waals surface area contributed by atoms with Gasteiger partial charge in [0.05, 0.1) is 5.69 Å². The van der Waals surface area contributed by atoms with Gasteiger partial charge in [-0.2, -0.15) is 0 Å². The van der Waals surface area contributed by atoms with E-state index in [1.807, 2.05) is 54.1 Å². The molecule has 0 bridgehead atoms. The Morgan fingerprint density at radius 1 is 1.17 bits per heavy atom. The summed E-state index contributed by atoms with van der Waals surface area (Å²) in [4.78, 5) is 12.6. The zero-order chi connectivity index (χ0) is 17.1. The molecular weight excluding hydrogens is 324 g/mol. The number of carbonyl (C=O) groups is 1. The second-order valence-electron chi connectivity index (χ2n) is 5.65. The largest absolute Gasteiger partial charge is 0.396 e. The van der Waals surface area contributed by atoms with Crippen LogP contribution in [-0.4, -0.2) is 28.7 Å². The third-order valence-corrected chi connectivity index (χ3v) is 4.28. The Bertz CT molecular complexity index is 872. The summed E-state index contributed by atoms with van der Waals surface area (Å²) in [7, 11) is 1.89. The lowest BCUT2D eigenvalue weighted by molar-refractivity contribution is 0.0945. The second kappa shape index (κ2) is 7.07. The summed E-state index contributed by atoms with van der Waals surface area (Å²) < 4.78 is 1.91. The molecule has 2 N–H and O–H groups in total. The first-order valence-electron chi connectivity index (χ1n) is 7.86. The Morgan fingerprint density at radius 3 is 2.62 bits per heavy atom. The van der Waals surface area contributed by atoms with Gasteiger partial charge in [-0.25, -0.2) is 0 Å². The van der Waals surface area contributed by atoms with Crippen LogP contribution < -0.4 is 5.32 Å². The molecule has 124 valence electrons. The van der Waals surface area contributed by atoms with Gasteiger partial charge in [-0.15, -0.1) is 0 Å². The maximum atomic E-state index is 12.6. The van der Waals surface area contributed by atoms with E-state index >= 15 is 0 Å². The van der Waals surface area contributed by atoms with E-state index in [-0.39, 0.29) is 12.5 Å². The molecule has 3 rings (SSSR count). The standard InChI is InChI=1S/C19H19ClN2O2/c1-22-17(13-6-3-2-4-7-13)16-12-14(20)8-9-15(16)18(22)19(24)21-10-5-11-23/h2-4,6-9,12,23H,5,10-11H2,1H3,(H,21,24). The number of hydrogen-bond donors (Lipinski definition) is 2. The molecule has 0 radical (unpaired) electrons. The fraction of sp³-hybridized carbons (Fsp3) is 0.211. The van der Waals surface area contributed by atoms with Crippen LogP contribution in [-0.2, 0) is 7.05 Å². The molecule has 4 nitrogen and oxygen atoms in total. The third kappa shape index (κ3) is 3.03. The highest BCUT2D eigenvalue weighted by Gasteiger charge is 2.20. The van der Waals surface area contributed by atoms with Crippen molar-refractivity contribution in [1.82, 2.24) is 9.88 Å². The van der Waals surface area contributed by atoms with E-state index in [9.17, 15) is 4.79 Å². The van der Waals surface area contributed by atoms with Crippen molar-refractivity contribution in [3.8, 4) is 11.3 Å². The minimum Gasteiger partial charge on any atom is -0.396 e. The van der Waals surface area contributed by atoms with E-state index in [1.54, 1.807) is 6.07 Å². The number of nitrogens with one attached hydrogen (secondary N) is 1. The van der Waals surface area contributed by atoms with Crippen LogP contribution in [0.15, 0.2) is 48.5 Å². The summed E-state index contributed by atoms with van der Waals surface area (Å²) in [6.45, 7) is 0.495. The van der Waals surface area contributed by atoms with Crippen molar-refractivity contribution >= 4 is 28.3 Å². The first-order valence-corrected chi connectivity index (χ1v) is 8.23. The fourth-order valence-electron chi connectivity index (χ4n) is 2.98. The second-order valence-corrected chi connectivity index (χ2v) is 6.08. The van der Waals surface area contributed by atoms with Gasteiger partial charge >= 0.3 is 0 Å². The van der Waals surface area contributed by atoms with Gasteiger partial charge in [-0.05, 0) is 24.1 Å². The summed E-state index contributed by atoms with van der Waals surface area (Å²) in [6, 6.07) is 15.5. The van der Waals surface area contributed by atoms with Crippen LogP contribution in [0.3, 0.4) is 0 Å². The van der Waals surface area contributed by atoms with Crippen molar-refractivity contribution in [1.29, 1.82) is 0 Å². The molecule has 5 heteroatoms. The highest BCUT2D eigenvalue weighted by atomic mass is 35.5. The van der Waals surface area contributed by atoms with E-state index in [4.69, 9.17) is 16.7 Å². The minimum atomic E-state index is -0.152. The molecule has 0 aliphatic rings. The van der Waals surface area contributed by atoms with E-state index in [0.717, 1.165) is 22.0 Å². The predicted molar refractivity (Wildman–Crippen MR) is 97.4 cm³/mol. The zero-order valence-corrected chi connectivity index (χ0v) is 14.2. The number of benzene rings is 2. The molecule has 1 amide bonds. The third-order valence-electron chi connectivity index (χ3n) is 4.05. The average Bonchev–Trinajstić information content (AvgIpc) is 2.87. The molecule has 0 aliphatic carbocycles. The number of carbonyl (C=O) groups excluding carboxylic acids is 1. The average molecular weight is 343 g/mol. The van der Waals surface area contributed by atoms with Gasteiger partial charge in [-0.1, -0.05) is 48.0 Å². The van der Waals surface area contributed by atoms with Crippen molar-refractivity contribution in [2.75, 3.05) is 13.2 Å². The normalized spacial score (nSPS) is 11.0. The Labute approximate surface area is 145 Å². The molecular formula is C19H19ClN2O2. The van der Waals surface area contributed by atoms with E-state index in [0.29, 0.717) is 23.7 Å². The molecule has 0 saturated heterocycles. The molecule has 2 aromatic carbocycles. The Hall–Kier alpha value is -2.30. The molecule has 0 aliphatic heterocycles. The van der Waals surface area contributed by atoms with Crippen molar-refractivity contribution < 1.29 is 9.90 Å². The SMILES string of the molecule is Cn1c(C(=O)NCCCO)c2ccc(Cl)cc2c1-c1ccccc1. The van der Waals surface area contributed by atoms with Gasteiger partial charge in [0.1, 0.15) is 5.69 Å². The quantitative estimate of drug-likeness (QED) is 0.696. The van der Waals surface area contributed by atoms with E-state index in [2.05, 4.69) is 5.32 Å². The van der Waals surface area contributed by atoms with Crippen LogP contribution in [0.4, 0.5) is 0 Å². The van der Waals surface area contributed by atoms with Crippen LogP contribution in [0.25, 0.3) is 22.0 Å². The fourth-order valence-corrected chi connectivity index (χ4v) is 3.15. The van der Waals surface area contributed by atoms with Crippen LogP contribution in [0, 0.1) is 0 Å². The lowest BCUT2D eigenvalue weighted by atomic mass is 10.1. The van der Waals surface area contributed by atoms with Crippen LogP contribution >= 0.6 is 11.6 Å². The lowest BCUT2D eigenvalue weighted by Crippen LogP contribution is -2.27. The molecule has 24 heavy (non-hydrogen) atoms. The molecule has 1 heterocycles. The first-order chi connectivity index (χ1) is 11.6. The molecule has 0 spiro atoms. The number of nitrogens with zero attached hydrogens (tertiary/aromatic N) is 1. The first kappa shape index (κ1) is 16.6. The van der Waals surface area contributed by atoms with Crippen molar-refractivity contribution in [2.45, 2.75) is 6.42 Å². The topological polar surface area (TPSA) is 54.3 Å². The molecule has 0 unspecified atom stereocenters. The highest BCUT2D eigenvalue weighted by Crippen LogP contribution is 2.34. The molecule has 3 aromatic rings. The zero-order valence-electron chi connectivity index (χ0n) is 13.4. The summed E-state index contributed by atoms with van der Waals surface area (Å²) in [5.74, 6) is -0.152. The van der Waals surface area contributed by atoms with Crippen molar-refractivity contribution in [2.24, 2.45) is 7.05 Å². The predicted octanol–water partition coefficient (Wildman–Crippen LogP) is 3.61. The summed E-state index contributed by atoms with van der Waals surface area (Å²) >= 11 is 6.18. The Balaban J connectivity index is 2.17. The number of halogens is 1. The highest BCUT2D eigenvalue weighted by molar-refractivity contribution is 6.31. The summed E-state index contributed by atoms with van der Waals surface area (Å²) in [5, 5.41) is 14.2. The van der Waals surface area contributed by atoms with Crippen molar-refractivity contribution in [3.63, 3.8) is 0 Å². The minimum absolute atomic E-state index is 0.0546. The number of rotatable bonds is 5. The number of aromatic nitrogens is 1. The van der Waals surface area contributed by atoms with Crippen LogP contribution in [0.2, 0.25) is 5.02 Å². The maximum Gasteiger partial charge on any atom is 0.268 e. The number of fused-ring (bicyclic) bond motifs is 1. The number of aliphatic hydroxyl groups is 1. The number of amides is 1. The molecule has 1 aromatic heterocycles.